The van der Waals surface area contributed by atoms with Crippen LogP contribution in [0.25, 0.3) is 11.0 Å². The maximum Gasteiger partial charge on any atom is 0.406 e. The number of imidazole rings is 1. The summed E-state index contributed by atoms with van der Waals surface area (Å²) in [6.07, 6.45) is -0.698. The first-order valence-corrected chi connectivity index (χ1v) is 7.13. The number of hydrogen-bond donors (Lipinski definition) is 1. The second-order valence-corrected chi connectivity index (χ2v) is 5.95. The van der Waals surface area contributed by atoms with Crippen LogP contribution in [-0.2, 0) is 13.0 Å². The predicted molar refractivity (Wildman–Crippen MR) is 74.8 cm³/mol. The molecule has 0 radical (unpaired) electrons. The Kier molecular flexibility index (Phi) is 3.43. The van der Waals surface area contributed by atoms with Crippen LogP contribution < -0.4 is 5.73 Å². The Morgan fingerprint density at radius 2 is 1.95 bits per heavy atom. The molecule has 6 heteroatoms. The third-order valence-electron chi connectivity index (χ3n) is 4.45. The van der Waals surface area contributed by atoms with Crippen molar-refractivity contribution in [1.82, 2.24) is 9.55 Å². The Morgan fingerprint density at radius 1 is 1.24 bits per heavy atom. The van der Waals surface area contributed by atoms with Crippen molar-refractivity contribution in [2.75, 3.05) is 6.54 Å². The van der Waals surface area contributed by atoms with Gasteiger partial charge in [0.2, 0.25) is 0 Å². The van der Waals surface area contributed by atoms with E-state index in [4.69, 9.17) is 5.73 Å². The van der Waals surface area contributed by atoms with Crippen LogP contribution in [0.1, 0.15) is 25.1 Å². The fraction of sp³-hybridized carbons (Fsp3) is 0.533. The molecule has 1 heterocycles. The number of hydrogen-bond acceptors (Lipinski definition) is 2. The van der Waals surface area contributed by atoms with Crippen LogP contribution in [0.15, 0.2) is 24.3 Å². The summed E-state index contributed by atoms with van der Waals surface area (Å²) in [7, 11) is 0. The summed E-state index contributed by atoms with van der Waals surface area (Å²) in [6.45, 7) is -0.494. The van der Waals surface area contributed by atoms with Crippen LogP contribution in [-0.4, -0.2) is 22.3 Å². The first kappa shape index (κ1) is 14.4. The summed E-state index contributed by atoms with van der Waals surface area (Å²) in [5.74, 6) is 0.499. The van der Waals surface area contributed by atoms with Gasteiger partial charge in [-0.25, -0.2) is 4.98 Å². The maximum atomic E-state index is 12.9. The van der Waals surface area contributed by atoms with E-state index >= 15 is 0 Å². The van der Waals surface area contributed by atoms with Gasteiger partial charge < -0.3 is 10.3 Å². The van der Waals surface area contributed by atoms with Crippen molar-refractivity contribution in [2.24, 2.45) is 11.1 Å². The summed E-state index contributed by atoms with van der Waals surface area (Å²) in [5.41, 5.74) is 6.92. The zero-order valence-electron chi connectivity index (χ0n) is 11.7. The van der Waals surface area contributed by atoms with Crippen LogP contribution in [0.2, 0.25) is 0 Å². The van der Waals surface area contributed by atoms with Gasteiger partial charge in [-0.15, -0.1) is 0 Å². The van der Waals surface area contributed by atoms with Gasteiger partial charge in [0, 0.05) is 6.42 Å². The highest BCUT2D eigenvalue weighted by atomic mass is 19.4. The molecule has 0 spiro atoms. The molecule has 1 saturated carbocycles. The lowest BCUT2D eigenvalue weighted by Gasteiger charge is -2.40. The highest BCUT2D eigenvalue weighted by molar-refractivity contribution is 5.75. The van der Waals surface area contributed by atoms with Gasteiger partial charge >= 0.3 is 6.18 Å². The lowest BCUT2D eigenvalue weighted by atomic mass is 9.66. The molecule has 1 aliphatic rings. The SMILES string of the molecule is NCC1(Cc2nc3ccccc3n2CC(F)(F)F)CCC1. The minimum Gasteiger partial charge on any atom is -0.330 e. The molecule has 21 heavy (non-hydrogen) atoms. The third kappa shape index (κ3) is 2.77. The first-order chi connectivity index (χ1) is 9.92. The highest BCUT2D eigenvalue weighted by Gasteiger charge is 2.38. The van der Waals surface area contributed by atoms with E-state index in [0.717, 1.165) is 19.3 Å². The number of alkyl halides is 3. The molecule has 3 nitrogen and oxygen atoms in total. The molecule has 0 bridgehead atoms. The molecular formula is C15H18F3N3. The van der Waals surface area contributed by atoms with E-state index in [1.165, 1.54) is 4.57 Å². The number of nitrogens with zero attached hydrogens (tertiary/aromatic N) is 2. The van der Waals surface area contributed by atoms with E-state index in [1.807, 2.05) is 0 Å². The largest absolute Gasteiger partial charge is 0.406 e. The molecule has 114 valence electrons. The molecular weight excluding hydrogens is 279 g/mol. The first-order valence-electron chi connectivity index (χ1n) is 7.13. The van der Waals surface area contributed by atoms with Crippen LogP contribution in [0, 0.1) is 5.41 Å². The molecule has 0 atom stereocenters. The fourth-order valence-electron chi connectivity index (χ4n) is 3.08. The van der Waals surface area contributed by atoms with Gasteiger partial charge in [0.05, 0.1) is 11.0 Å². The Balaban J connectivity index is 2.02. The van der Waals surface area contributed by atoms with Crippen molar-refractivity contribution in [3.05, 3.63) is 30.1 Å². The van der Waals surface area contributed by atoms with E-state index in [0.29, 0.717) is 29.8 Å². The average molecular weight is 297 g/mol. The molecule has 1 aliphatic carbocycles. The number of para-hydroxylation sites is 2. The van der Waals surface area contributed by atoms with Crippen LogP contribution >= 0.6 is 0 Å². The number of halogens is 3. The topological polar surface area (TPSA) is 43.8 Å². The van der Waals surface area contributed by atoms with Crippen molar-refractivity contribution in [3.8, 4) is 0 Å². The van der Waals surface area contributed by atoms with Gasteiger partial charge in [-0.2, -0.15) is 13.2 Å². The summed E-state index contributed by atoms with van der Waals surface area (Å²) >= 11 is 0. The molecule has 0 aliphatic heterocycles. The number of fused-ring (bicyclic) bond motifs is 1. The predicted octanol–water partition coefficient (Wildman–Crippen LogP) is 3.27. The van der Waals surface area contributed by atoms with E-state index in [2.05, 4.69) is 4.98 Å². The quantitative estimate of drug-likeness (QED) is 0.941. The number of rotatable bonds is 4. The minimum atomic E-state index is -4.26. The van der Waals surface area contributed by atoms with Crippen molar-refractivity contribution in [3.63, 3.8) is 0 Å². The monoisotopic (exact) mass is 297 g/mol. The second kappa shape index (κ2) is 5.02. The number of aromatic nitrogens is 2. The van der Waals surface area contributed by atoms with Gasteiger partial charge in [0.15, 0.2) is 0 Å². The zero-order chi connectivity index (χ0) is 15.1. The molecule has 0 amide bonds. The Labute approximate surface area is 121 Å². The van der Waals surface area contributed by atoms with Gasteiger partial charge in [0.1, 0.15) is 12.4 Å². The summed E-state index contributed by atoms with van der Waals surface area (Å²) < 4.78 is 39.9. The van der Waals surface area contributed by atoms with Gasteiger partial charge in [-0.3, -0.25) is 0 Å². The van der Waals surface area contributed by atoms with Gasteiger partial charge in [-0.05, 0) is 36.9 Å². The van der Waals surface area contributed by atoms with E-state index in [-0.39, 0.29) is 5.41 Å². The smallest absolute Gasteiger partial charge is 0.330 e. The van der Waals surface area contributed by atoms with Gasteiger partial charge in [0.25, 0.3) is 0 Å². The molecule has 0 unspecified atom stereocenters. The van der Waals surface area contributed by atoms with Crippen molar-refractivity contribution >= 4 is 11.0 Å². The molecule has 2 N–H and O–H groups in total. The van der Waals surface area contributed by atoms with Crippen LogP contribution in [0.4, 0.5) is 13.2 Å². The Hall–Kier alpha value is -1.56. The normalized spacial score (nSPS) is 17.9. The average Bonchev–Trinajstić information content (AvgIpc) is 2.70. The van der Waals surface area contributed by atoms with E-state index in [9.17, 15) is 13.2 Å². The molecule has 1 aromatic carbocycles. The maximum absolute atomic E-state index is 12.9. The Bertz CT molecular complexity index is 636. The Morgan fingerprint density at radius 3 is 2.52 bits per heavy atom. The van der Waals surface area contributed by atoms with E-state index < -0.39 is 12.7 Å². The molecule has 0 saturated heterocycles. The minimum absolute atomic E-state index is 0.0648. The molecule has 3 rings (SSSR count). The fourth-order valence-corrected chi connectivity index (χ4v) is 3.08. The third-order valence-corrected chi connectivity index (χ3v) is 4.45. The van der Waals surface area contributed by atoms with Crippen molar-refractivity contribution in [1.29, 1.82) is 0 Å². The van der Waals surface area contributed by atoms with Gasteiger partial charge in [-0.1, -0.05) is 18.6 Å². The summed E-state index contributed by atoms with van der Waals surface area (Å²) in [4.78, 5) is 4.42. The lowest BCUT2D eigenvalue weighted by Crippen LogP contribution is -2.40. The van der Waals surface area contributed by atoms with Crippen molar-refractivity contribution in [2.45, 2.75) is 38.4 Å². The van der Waals surface area contributed by atoms with Crippen LogP contribution in [0.3, 0.4) is 0 Å². The number of benzene rings is 1. The number of nitrogens with two attached hydrogens (primary N) is 1. The van der Waals surface area contributed by atoms with Crippen LogP contribution in [0.5, 0.6) is 0 Å². The lowest BCUT2D eigenvalue weighted by molar-refractivity contribution is -0.140. The standard InChI is InChI=1S/C15H18F3N3/c16-15(17,18)10-21-12-5-2-1-4-11(12)20-13(21)8-14(9-19)6-3-7-14/h1-2,4-5H,3,6-10,19H2. The zero-order valence-corrected chi connectivity index (χ0v) is 11.7. The molecule has 1 fully saturated rings. The highest BCUT2D eigenvalue weighted by Crippen LogP contribution is 2.43. The molecule has 2 aromatic rings. The van der Waals surface area contributed by atoms with Crippen molar-refractivity contribution < 1.29 is 13.2 Å². The summed E-state index contributed by atoms with van der Waals surface area (Å²) in [6, 6.07) is 6.97. The summed E-state index contributed by atoms with van der Waals surface area (Å²) in [5, 5.41) is 0. The van der Waals surface area contributed by atoms with E-state index in [1.54, 1.807) is 24.3 Å². The molecule has 1 aromatic heterocycles. The second-order valence-electron chi connectivity index (χ2n) is 5.95.